The van der Waals surface area contributed by atoms with Crippen LogP contribution in [0.25, 0.3) is 11.0 Å². The molecule has 0 unspecified atom stereocenters. The number of halogens is 2. The Bertz CT molecular complexity index is 628. The lowest BCUT2D eigenvalue weighted by Crippen LogP contribution is -2.22. The summed E-state index contributed by atoms with van der Waals surface area (Å²) in [7, 11) is 1.43. The maximum absolute atomic E-state index is 13.5. The lowest BCUT2D eigenvalue weighted by Gasteiger charge is -1.99. The Morgan fingerprint density at radius 3 is 2.69 bits per heavy atom. The number of aryl methyl sites for hydroxylation is 1. The highest BCUT2D eigenvalue weighted by atomic mass is 19.2. The van der Waals surface area contributed by atoms with E-state index in [1.807, 2.05) is 0 Å². The van der Waals surface area contributed by atoms with Gasteiger partial charge in [0.1, 0.15) is 11.8 Å². The number of aldehydes is 1. The van der Waals surface area contributed by atoms with Gasteiger partial charge in [0, 0.05) is 7.05 Å². The van der Waals surface area contributed by atoms with Crippen LogP contribution in [0.15, 0.2) is 16.9 Å². The van der Waals surface area contributed by atoms with Crippen LogP contribution in [0.1, 0.15) is 0 Å². The number of carbonyl (C=O) groups excluding carboxylic acids is 1. The Hall–Kier alpha value is -1.98. The van der Waals surface area contributed by atoms with Crippen molar-refractivity contribution in [2.75, 3.05) is 0 Å². The quantitative estimate of drug-likeness (QED) is 0.711. The number of carbonyl (C=O) groups is 1. The zero-order valence-corrected chi connectivity index (χ0v) is 8.41. The molecule has 0 amide bonds. The molecule has 16 heavy (non-hydrogen) atoms. The molecule has 4 nitrogen and oxygen atoms in total. The highest BCUT2D eigenvalue weighted by molar-refractivity contribution is 5.77. The Morgan fingerprint density at radius 1 is 1.38 bits per heavy atom. The first-order valence-corrected chi connectivity index (χ1v) is 4.54. The molecule has 1 heterocycles. The van der Waals surface area contributed by atoms with Crippen molar-refractivity contribution >= 4 is 17.3 Å². The maximum atomic E-state index is 13.5. The summed E-state index contributed by atoms with van der Waals surface area (Å²) in [5.41, 5.74) is -0.475. The minimum Gasteiger partial charge on any atom is -0.301 e. The predicted octanol–water partition coefficient (Wildman–Crippen LogP) is 0.817. The fraction of sp³-hybridized carbons (Fsp3) is 0.200. The highest BCUT2D eigenvalue weighted by Crippen LogP contribution is 2.18. The van der Waals surface area contributed by atoms with Gasteiger partial charge in [-0.25, -0.2) is 13.6 Å². The number of hydrogen-bond donors (Lipinski definition) is 0. The molecular weight excluding hydrogens is 218 g/mol. The molecule has 0 saturated carbocycles. The second-order valence-corrected chi connectivity index (χ2v) is 3.35. The fourth-order valence-electron chi connectivity index (χ4n) is 1.68. The highest BCUT2D eigenvalue weighted by Gasteiger charge is 2.16. The Labute approximate surface area is 88.7 Å². The zero-order chi connectivity index (χ0) is 11.9. The number of fused-ring (bicyclic) bond motifs is 1. The molecule has 0 atom stereocenters. The van der Waals surface area contributed by atoms with Crippen LogP contribution in [0, 0.1) is 11.6 Å². The summed E-state index contributed by atoms with van der Waals surface area (Å²) in [5.74, 6) is -2.16. The van der Waals surface area contributed by atoms with Gasteiger partial charge in [-0.05, 0) is 12.1 Å². The third kappa shape index (κ3) is 1.26. The van der Waals surface area contributed by atoms with E-state index >= 15 is 0 Å². The van der Waals surface area contributed by atoms with Crippen molar-refractivity contribution in [2.24, 2.45) is 7.05 Å². The van der Waals surface area contributed by atoms with E-state index in [0.29, 0.717) is 6.29 Å². The molecule has 0 N–H and O–H groups in total. The van der Waals surface area contributed by atoms with Gasteiger partial charge in [-0.1, -0.05) is 0 Å². The second-order valence-electron chi connectivity index (χ2n) is 3.35. The van der Waals surface area contributed by atoms with E-state index in [1.54, 1.807) is 0 Å². The summed E-state index contributed by atoms with van der Waals surface area (Å²) in [6, 6.07) is 2.25. The van der Waals surface area contributed by atoms with Gasteiger partial charge in [-0.3, -0.25) is 9.13 Å². The molecular formula is C10H8F2N2O2. The van der Waals surface area contributed by atoms with Gasteiger partial charge in [0.05, 0.1) is 12.1 Å². The minimum atomic E-state index is -1.11. The van der Waals surface area contributed by atoms with Gasteiger partial charge in [0.25, 0.3) is 0 Å². The number of imidazole rings is 1. The van der Waals surface area contributed by atoms with Gasteiger partial charge in [-0.2, -0.15) is 0 Å². The van der Waals surface area contributed by atoms with Crippen molar-refractivity contribution in [3.63, 3.8) is 0 Å². The normalized spacial score (nSPS) is 10.9. The lowest BCUT2D eigenvalue weighted by molar-refractivity contribution is -0.108. The Kier molecular flexibility index (Phi) is 2.34. The smallest absolute Gasteiger partial charge is 0.301 e. The average molecular weight is 226 g/mol. The van der Waals surface area contributed by atoms with Crippen LogP contribution in [0.2, 0.25) is 0 Å². The Morgan fingerprint density at radius 2 is 2.06 bits per heavy atom. The van der Waals surface area contributed by atoms with Crippen LogP contribution in [-0.2, 0) is 18.4 Å². The summed E-state index contributed by atoms with van der Waals surface area (Å²) in [6.07, 6.45) is 0.463. The first-order chi connectivity index (χ1) is 7.57. The molecule has 0 aliphatic heterocycles. The van der Waals surface area contributed by atoms with Crippen molar-refractivity contribution in [1.29, 1.82) is 0 Å². The molecule has 0 bridgehead atoms. The summed E-state index contributed by atoms with van der Waals surface area (Å²) in [4.78, 5) is 22.0. The van der Waals surface area contributed by atoms with Gasteiger partial charge < -0.3 is 4.79 Å². The molecule has 2 aromatic rings. The maximum Gasteiger partial charge on any atom is 0.329 e. The lowest BCUT2D eigenvalue weighted by atomic mass is 10.3. The van der Waals surface area contributed by atoms with Gasteiger partial charge in [0.2, 0.25) is 0 Å². The zero-order valence-electron chi connectivity index (χ0n) is 8.41. The van der Waals surface area contributed by atoms with Crippen LogP contribution in [0.3, 0.4) is 0 Å². The summed E-state index contributed by atoms with van der Waals surface area (Å²) in [5, 5.41) is 0. The first kappa shape index (κ1) is 10.5. The minimum absolute atomic E-state index is 0.181. The van der Waals surface area contributed by atoms with E-state index in [0.717, 1.165) is 10.6 Å². The van der Waals surface area contributed by atoms with Crippen LogP contribution in [-0.4, -0.2) is 15.4 Å². The molecule has 0 aliphatic rings. The van der Waals surface area contributed by atoms with Crippen molar-refractivity contribution in [2.45, 2.75) is 6.54 Å². The number of nitrogens with zero attached hydrogens (tertiary/aromatic N) is 2. The molecule has 6 heteroatoms. The monoisotopic (exact) mass is 226 g/mol. The van der Waals surface area contributed by atoms with Crippen molar-refractivity contribution in [3.05, 3.63) is 34.3 Å². The molecule has 0 saturated heterocycles. The molecule has 1 aromatic heterocycles. The Balaban J connectivity index is 2.98. The number of rotatable bonds is 2. The van der Waals surface area contributed by atoms with Crippen molar-refractivity contribution in [3.8, 4) is 0 Å². The predicted molar refractivity (Wildman–Crippen MR) is 53.2 cm³/mol. The number of aromatic nitrogens is 2. The SMILES string of the molecule is Cn1c(=O)n(CC=O)c2c(F)c(F)ccc21. The van der Waals surface area contributed by atoms with E-state index in [1.165, 1.54) is 17.7 Å². The van der Waals surface area contributed by atoms with E-state index in [4.69, 9.17) is 0 Å². The van der Waals surface area contributed by atoms with Crippen LogP contribution in [0.4, 0.5) is 8.78 Å². The summed E-state index contributed by atoms with van der Waals surface area (Å²) < 4.78 is 28.6. The van der Waals surface area contributed by atoms with Crippen LogP contribution >= 0.6 is 0 Å². The van der Waals surface area contributed by atoms with E-state index in [9.17, 15) is 18.4 Å². The van der Waals surface area contributed by atoms with Crippen molar-refractivity contribution < 1.29 is 13.6 Å². The summed E-state index contributed by atoms with van der Waals surface area (Å²) in [6.45, 7) is -0.295. The molecule has 0 aliphatic carbocycles. The third-order valence-corrected chi connectivity index (χ3v) is 2.45. The fourth-order valence-corrected chi connectivity index (χ4v) is 1.68. The molecule has 0 spiro atoms. The van der Waals surface area contributed by atoms with E-state index < -0.39 is 17.3 Å². The van der Waals surface area contributed by atoms with Gasteiger partial charge in [0.15, 0.2) is 11.6 Å². The van der Waals surface area contributed by atoms with E-state index in [2.05, 4.69) is 0 Å². The number of hydrogen-bond acceptors (Lipinski definition) is 2. The van der Waals surface area contributed by atoms with Crippen LogP contribution in [0.5, 0.6) is 0 Å². The topological polar surface area (TPSA) is 44.0 Å². The summed E-state index contributed by atoms with van der Waals surface area (Å²) >= 11 is 0. The molecule has 1 aromatic carbocycles. The van der Waals surface area contributed by atoms with Crippen LogP contribution < -0.4 is 5.69 Å². The molecule has 2 rings (SSSR count). The standard InChI is InChI=1S/C10H8F2N2O2/c1-13-7-3-2-6(11)8(12)9(7)14(4-5-15)10(13)16/h2-3,5H,4H2,1H3. The average Bonchev–Trinajstić information content (AvgIpc) is 2.50. The second kappa shape index (κ2) is 3.55. The third-order valence-electron chi connectivity index (χ3n) is 2.45. The van der Waals surface area contributed by atoms with Gasteiger partial charge >= 0.3 is 5.69 Å². The van der Waals surface area contributed by atoms with Gasteiger partial charge in [-0.15, -0.1) is 0 Å². The first-order valence-electron chi connectivity index (χ1n) is 4.54. The van der Waals surface area contributed by atoms with Crippen molar-refractivity contribution in [1.82, 2.24) is 9.13 Å². The number of benzene rings is 1. The molecule has 0 fully saturated rings. The molecule has 0 radical (unpaired) electrons. The molecule has 84 valence electrons. The van der Waals surface area contributed by atoms with E-state index in [-0.39, 0.29) is 17.6 Å². The largest absolute Gasteiger partial charge is 0.329 e.